The maximum atomic E-state index is 13.4. The number of hydrogen-bond donors (Lipinski definition) is 0. The highest BCUT2D eigenvalue weighted by atomic mass is 32.1. The zero-order chi connectivity index (χ0) is 18.4. The Morgan fingerprint density at radius 3 is 2.70 bits per heavy atom. The summed E-state index contributed by atoms with van der Waals surface area (Å²) in [5.74, 6) is 0.832. The van der Waals surface area contributed by atoms with Crippen molar-refractivity contribution in [1.82, 2.24) is 19.7 Å². The Bertz CT molecular complexity index is 1100. The van der Waals surface area contributed by atoms with Crippen LogP contribution in [0.5, 0.6) is 0 Å². The minimum absolute atomic E-state index is 0.435. The number of anilines is 1. The number of rotatable bonds is 3. The molecule has 5 rings (SSSR count). The first-order valence-corrected chi connectivity index (χ1v) is 9.72. The van der Waals surface area contributed by atoms with E-state index in [-0.39, 0.29) is 0 Å². The number of benzene rings is 1. The third kappa shape index (κ3) is 3.08. The Kier molecular flexibility index (Phi) is 3.89. The molecule has 0 saturated carbocycles. The fourth-order valence-electron chi connectivity index (χ4n) is 3.43. The molecular formula is C20H18FN5S. The number of alkyl halides is 1. The molecule has 0 unspecified atom stereocenters. The van der Waals surface area contributed by atoms with Gasteiger partial charge in [-0.3, -0.25) is 4.68 Å². The molecule has 0 spiro atoms. The highest BCUT2D eigenvalue weighted by molar-refractivity contribution is 7.21. The highest BCUT2D eigenvalue weighted by Gasteiger charge is 2.22. The van der Waals surface area contributed by atoms with E-state index in [4.69, 9.17) is 4.98 Å². The molecule has 27 heavy (non-hydrogen) atoms. The molecule has 1 fully saturated rings. The van der Waals surface area contributed by atoms with Crippen molar-refractivity contribution in [3.8, 4) is 21.7 Å². The highest BCUT2D eigenvalue weighted by Crippen LogP contribution is 2.33. The van der Waals surface area contributed by atoms with Crippen LogP contribution >= 0.6 is 11.3 Å². The lowest BCUT2D eigenvalue weighted by atomic mass is 10.1. The number of pyridine rings is 1. The Morgan fingerprint density at radius 2 is 2.00 bits per heavy atom. The SMILES string of the molecule is Cn1cc(-c2ccc3sc(-c4ccc(N5CC[C@@H](F)C5)nc4)nc3c2)cn1. The van der Waals surface area contributed by atoms with E-state index in [2.05, 4.69) is 28.3 Å². The van der Waals surface area contributed by atoms with Crippen molar-refractivity contribution in [2.24, 2.45) is 7.05 Å². The number of aryl methyl sites for hydroxylation is 1. The van der Waals surface area contributed by atoms with Crippen LogP contribution in [0.4, 0.5) is 10.2 Å². The minimum Gasteiger partial charge on any atom is -0.354 e. The lowest BCUT2D eigenvalue weighted by Crippen LogP contribution is -2.20. The molecule has 0 amide bonds. The first-order valence-electron chi connectivity index (χ1n) is 8.91. The summed E-state index contributed by atoms with van der Waals surface area (Å²) >= 11 is 1.65. The first-order chi connectivity index (χ1) is 13.2. The summed E-state index contributed by atoms with van der Waals surface area (Å²) in [5.41, 5.74) is 4.14. The van der Waals surface area contributed by atoms with E-state index < -0.39 is 6.17 Å². The number of halogens is 1. The molecular weight excluding hydrogens is 361 g/mol. The van der Waals surface area contributed by atoms with E-state index in [1.807, 2.05) is 42.7 Å². The van der Waals surface area contributed by atoms with Crippen molar-refractivity contribution in [3.63, 3.8) is 0 Å². The molecule has 5 nitrogen and oxygen atoms in total. The Labute approximate surface area is 160 Å². The van der Waals surface area contributed by atoms with Crippen LogP contribution in [-0.2, 0) is 7.05 Å². The molecule has 1 saturated heterocycles. The van der Waals surface area contributed by atoms with Crippen LogP contribution in [0.25, 0.3) is 31.9 Å². The predicted molar refractivity (Wildman–Crippen MR) is 107 cm³/mol. The quantitative estimate of drug-likeness (QED) is 0.532. The largest absolute Gasteiger partial charge is 0.354 e. The number of hydrogen-bond acceptors (Lipinski definition) is 5. The van der Waals surface area contributed by atoms with Crippen molar-refractivity contribution in [2.75, 3.05) is 18.0 Å². The van der Waals surface area contributed by atoms with Gasteiger partial charge in [-0.25, -0.2) is 14.4 Å². The van der Waals surface area contributed by atoms with Crippen molar-refractivity contribution >= 4 is 27.4 Å². The van der Waals surface area contributed by atoms with Crippen molar-refractivity contribution in [2.45, 2.75) is 12.6 Å². The Morgan fingerprint density at radius 1 is 1.11 bits per heavy atom. The maximum absolute atomic E-state index is 13.4. The van der Waals surface area contributed by atoms with Crippen LogP contribution in [0.15, 0.2) is 48.9 Å². The van der Waals surface area contributed by atoms with Gasteiger partial charge in [0.15, 0.2) is 0 Å². The molecule has 0 radical (unpaired) electrons. The summed E-state index contributed by atoms with van der Waals surface area (Å²) in [5, 5.41) is 5.18. The van der Waals surface area contributed by atoms with Gasteiger partial charge in [-0.15, -0.1) is 11.3 Å². The third-order valence-corrected chi connectivity index (χ3v) is 5.96. The second-order valence-corrected chi connectivity index (χ2v) is 7.87. The van der Waals surface area contributed by atoms with E-state index in [0.717, 1.165) is 44.3 Å². The van der Waals surface area contributed by atoms with Crippen LogP contribution in [0.1, 0.15) is 6.42 Å². The molecule has 3 aromatic heterocycles. The van der Waals surface area contributed by atoms with Gasteiger partial charge in [-0.2, -0.15) is 5.10 Å². The van der Waals surface area contributed by atoms with Crippen LogP contribution in [0.2, 0.25) is 0 Å². The molecule has 0 bridgehead atoms. The molecule has 4 heterocycles. The van der Waals surface area contributed by atoms with Gasteiger partial charge in [0.1, 0.15) is 17.0 Å². The number of aromatic nitrogens is 4. The van der Waals surface area contributed by atoms with Gasteiger partial charge < -0.3 is 4.90 Å². The van der Waals surface area contributed by atoms with Gasteiger partial charge in [-0.05, 0) is 36.2 Å². The topological polar surface area (TPSA) is 46.8 Å². The molecule has 4 aromatic rings. The minimum atomic E-state index is -0.746. The van der Waals surface area contributed by atoms with Gasteiger partial charge in [0.05, 0.1) is 23.0 Å². The van der Waals surface area contributed by atoms with Gasteiger partial charge in [0.2, 0.25) is 0 Å². The van der Waals surface area contributed by atoms with E-state index in [1.165, 1.54) is 0 Å². The summed E-state index contributed by atoms with van der Waals surface area (Å²) in [7, 11) is 1.91. The van der Waals surface area contributed by atoms with Gasteiger partial charge in [0.25, 0.3) is 0 Å². The standard InChI is InChI=1S/C20H18FN5S/c1-25-11-15(10-23-25)13-2-4-18-17(8-13)24-20(27-18)14-3-5-19(22-9-14)26-7-6-16(21)12-26/h2-5,8-11,16H,6-7,12H2,1H3/t16-/m1/s1. The number of fused-ring (bicyclic) bond motifs is 1. The summed E-state index contributed by atoms with van der Waals surface area (Å²) in [4.78, 5) is 11.3. The lowest BCUT2D eigenvalue weighted by molar-refractivity contribution is 0.364. The Balaban J connectivity index is 1.44. The fourth-order valence-corrected chi connectivity index (χ4v) is 4.36. The summed E-state index contributed by atoms with van der Waals surface area (Å²) in [6, 6.07) is 10.3. The van der Waals surface area contributed by atoms with Gasteiger partial charge in [0, 0.05) is 37.1 Å². The average molecular weight is 379 g/mol. The Hall–Kier alpha value is -2.80. The average Bonchev–Trinajstić information content (AvgIpc) is 3.40. The molecule has 1 aromatic carbocycles. The van der Waals surface area contributed by atoms with Crippen LogP contribution in [0.3, 0.4) is 0 Å². The maximum Gasteiger partial charge on any atom is 0.128 e. The van der Waals surface area contributed by atoms with E-state index >= 15 is 0 Å². The van der Waals surface area contributed by atoms with Crippen LogP contribution < -0.4 is 4.90 Å². The van der Waals surface area contributed by atoms with E-state index in [0.29, 0.717) is 13.0 Å². The molecule has 136 valence electrons. The molecule has 1 aliphatic rings. The van der Waals surface area contributed by atoms with Crippen molar-refractivity contribution in [3.05, 3.63) is 48.9 Å². The summed E-state index contributed by atoms with van der Waals surface area (Å²) < 4.78 is 16.3. The molecule has 7 heteroatoms. The number of thiazole rings is 1. The molecule has 1 aliphatic heterocycles. The van der Waals surface area contributed by atoms with Crippen LogP contribution in [-0.4, -0.2) is 39.0 Å². The number of nitrogens with zero attached hydrogens (tertiary/aromatic N) is 5. The molecule has 0 aliphatic carbocycles. The van der Waals surface area contributed by atoms with E-state index in [9.17, 15) is 4.39 Å². The second kappa shape index (κ2) is 6.42. The second-order valence-electron chi connectivity index (χ2n) is 6.84. The van der Waals surface area contributed by atoms with Gasteiger partial charge in [-0.1, -0.05) is 6.07 Å². The van der Waals surface area contributed by atoms with Crippen molar-refractivity contribution in [1.29, 1.82) is 0 Å². The third-order valence-electron chi connectivity index (χ3n) is 4.88. The predicted octanol–water partition coefficient (Wildman–Crippen LogP) is 4.31. The molecule has 0 N–H and O–H groups in total. The summed E-state index contributed by atoms with van der Waals surface area (Å²) in [6.07, 6.45) is 5.53. The summed E-state index contributed by atoms with van der Waals surface area (Å²) in [6.45, 7) is 1.16. The lowest BCUT2D eigenvalue weighted by Gasteiger charge is -2.15. The van der Waals surface area contributed by atoms with Gasteiger partial charge >= 0.3 is 0 Å². The normalized spacial score (nSPS) is 17.1. The molecule has 1 atom stereocenters. The van der Waals surface area contributed by atoms with Crippen molar-refractivity contribution < 1.29 is 4.39 Å². The fraction of sp³-hybridized carbons (Fsp3) is 0.250. The first kappa shape index (κ1) is 16.4. The smallest absolute Gasteiger partial charge is 0.128 e. The van der Waals surface area contributed by atoms with Crippen LogP contribution in [0, 0.1) is 0 Å². The monoisotopic (exact) mass is 379 g/mol. The van der Waals surface area contributed by atoms with E-state index in [1.54, 1.807) is 16.0 Å². The zero-order valence-corrected chi connectivity index (χ0v) is 15.7. The zero-order valence-electron chi connectivity index (χ0n) is 14.8.